The molecule has 1 unspecified atom stereocenters. The average Bonchev–Trinajstić information content (AvgIpc) is 3.18. The highest BCUT2D eigenvalue weighted by molar-refractivity contribution is 5.72. The zero-order chi connectivity index (χ0) is 26.6. The number of ether oxygens (including phenoxy) is 2. The van der Waals surface area contributed by atoms with Crippen LogP contribution in [-0.4, -0.2) is 37.1 Å². The number of nitrogens with zero attached hydrogens (tertiary/aromatic N) is 1. The van der Waals surface area contributed by atoms with Gasteiger partial charge in [-0.2, -0.15) is 0 Å². The van der Waals surface area contributed by atoms with E-state index in [4.69, 9.17) is 9.47 Å². The molecule has 1 heterocycles. The first-order valence-electron chi connectivity index (χ1n) is 13.2. The lowest BCUT2D eigenvalue weighted by Gasteiger charge is -2.38. The highest BCUT2D eigenvalue weighted by atomic mass is 19.3. The van der Waals surface area contributed by atoms with Crippen LogP contribution in [0.2, 0.25) is 0 Å². The summed E-state index contributed by atoms with van der Waals surface area (Å²) in [5.41, 5.74) is 8.45. The SMILES string of the molecule is C=C(/C=C1/CC(C)C/C1=C/C)OCc1cccc(-c2c(C)cc(OCCCN3CC(F)(F)C3)cc2C)c1. The Morgan fingerprint density at radius 1 is 1.11 bits per heavy atom. The Morgan fingerprint density at radius 3 is 2.49 bits per heavy atom. The molecule has 2 aliphatic rings. The molecule has 5 heteroatoms. The van der Waals surface area contributed by atoms with Crippen LogP contribution in [0.4, 0.5) is 8.78 Å². The van der Waals surface area contributed by atoms with Gasteiger partial charge in [0.2, 0.25) is 0 Å². The zero-order valence-electron chi connectivity index (χ0n) is 22.6. The fourth-order valence-electron chi connectivity index (χ4n) is 5.48. The fraction of sp³-hybridized carbons (Fsp3) is 0.438. The predicted octanol–water partition coefficient (Wildman–Crippen LogP) is 8.02. The van der Waals surface area contributed by atoms with Crippen molar-refractivity contribution >= 4 is 0 Å². The minimum Gasteiger partial charge on any atom is -0.494 e. The van der Waals surface area contributed by atoms with Gasteiger partial charge in [0, 0.05) is 6.54 Å². The van der Waals surface area contributed by atoms with Gasteiger partial charge in [-0.05, 0) is 109 Å². The summed E-state index contributed by atoms with van der Waals surface area (Å²) >= 11 is 0. The fourth-order valence-corrected chi connectivity index (χ4v) is 5.48. The van der Waals surface area contributed by atoms with E-state index in [1.165, 1.54) is 16.7 Å². The molecule has 1 saturated heterocycles. The summed E-state index contributed by atoms with van der Waals surface area (Å²) in [5.74, 6) is -0.320. The Hall–Kier alpha value is -2.92. The molecule has 198 valence electrons. The van der Waals surface area contributed by atoms with Gasteiger partial charge in [0.15, 0.2) is 0 Å². The number of halogens is 2. The molecule has 1 saturated carbocycles. The van der Waals surface area contributed by atoms with Crippen molar-refractivity contribution in [3.05, 3.63) is 88.7 Å². The molecule has 2 aromatic carbocycles. The van der Waals surface area contributed by atoms with Crippen molar-refractivity contribution in [2.75, 3.05) is 26.2 Å². The molecule has 0 radical (unpaired) electrons. The van der Waals surface area contributed by atoms with Crippen LogP contribution in [-0.2, 0) is 11.3 Å². The van der Waals surface area contributed by atoms with E-state index in [-0.39, 0.29) is 13.1 Å². The van der Waals surface area contributed by atoms with E-state index >= 15 is 0 Å². The van der Waals surface area contributed by atoms with Crippen molar-refractivity contribution in [3.63, 3.8) is 0 Å². The summed E-state index contributed by atoms with van der Waals surface area (Å²) in [6.45, 7) is 14.0. The Morgan fingerprint density at radius 2 is 1.81 bits per heavy atom. The normalized spacial score (nSPS) is 21.3. The lowest BCUT2D eigenvalue weighted by Crippen LogP contribution is -2.56. The Bertz CT molecular complexity index is 1170. The van der Waals surface area contributed by atoms with E-state index in [1.54, 1.807) is 4.90 Å². The van der Waals surface area contributed by atoms with Crippen LogP contribution < -0.4 is 4.74 Å². The summed E-state index contributed by atoms with van der Waals surface area (Å²) in [7, 11) is 0. The molecule has 2 aromatic rings. The van der Waals surface area contributed by atoms with Crippen molar-refractivity contribution in [3.8, 4) is 16.9 Å². The summed E-state index contributed by atoms with van der Waals surface area (Å²) in [6, 6.07) is 12.5. The highest BCUT2D eigenvalue weighted by Crippen LogP contribution is 2.36. The third-order valence-corrected chi connectivity index (χ3v) is 7.18. The van der Waals surface area contributed by atoms with Crippen LogP contribution in [0.1, 0.15) is 49.8 Å². The van der Waals surface area contributed by atoms with Gasteiger partial charge >= 0.3 is 0 Å². The van der Waals surface area contributed by atoms with Crippen LogP contribution in [0.25, 0.3) is 11.1 Å². The van der Waals surface area contributed by atoms with E-state index < -0.39 is 5.92 Å². The average molecular weight is 508 g/mol. The smallest absolute Gasteiger partial charge is 0.272 e. The van der Waals surface area contributed by atoms with Gasteiger partial charge in [-0.3, -0.25) is 4.90 Å². The number of benzene rings is 2. The molecule has 0 spiro atoms. The van der Waals surface area contributed by atoms with Crippen molar-refractivity contribution in [1.29, 1.82) is 0 Å². The molecule has 1 aliphatic heterocycles. The molecule has 3 nitrogen and oxygen atoms in total. The maximum Gasteiger partial charge on any atom is 0.272 e. The molecular weight excluding hydrogens is 468 g/mol. The van der Waals surface area contributed by atoms with Crippen molar-refractivity contribution in [2.45, 2.75) is 59.5 Å². The maximum atomic E-state index is 13.0. The molecule has 1 aliphatic carbocycles. The molecule has 2 fully saturated rings. The molecule has 4 rings (SSSR count). The standard InChI is InChI=1S/C32H39F2NO2/c1-6-27-13-22(2)14-29(27)17-25(5)37-19-26-9-7-10-28(18-26)31-23(3)15-30(16-24(31)4)36-12-8-11-35-20-32(33,34)21-35/h6-7,9-10,15-18,22H,5,8,11-14,19-21H2,1-4H3/b27-6-,29-17-. The first-order valence-corrected chi connectivity index (χ1v) is 13.2. The minimum absolute atomic E-state index is 0.133. The number of rotatable bonds is 10. The van der Waals surface area contributed by atoms with Gasteiger partial charge in [-0.15, -0.1) is 0 Å². The monoisotopic (exact) mass is 507 g/mol. The molecule has 1 atom stereocenters. The van der Waals surface area contributed by atoms with Gasteiger partial charge in [0.25, 0.3) is 5.92 Å². The van der Waals surface area contributed by atoms with Gasteiger partial charge in [0.1, 0.15) is 18.1 Å². The topological polar surface area (TPSA) is 21.7 Å². The van der Waals surface area contributed by atoms with Gasteiger partial charge in [-0.25, -0.2) is 8.78 Å². The van der Waals surface area contributed by atoms with Gasteiger partial charge in [0.05, 0.1) is 19.7 Å². The first kappa shape index (κ1) is 27.1. The van der Waals surface area contributed by atoms with Crippen LogP contribution in [0.15, 0.2) is 72.0 Å². The van der Waals surface area contributed by atoms with Crippen LogP contribution in [0.5, 0.6) is 5.75 Å². The van der Waals surface area contributed by atoms with E-state index in [1.807, 2.05) is 0 Å². The number of likely N-dealkylation sites (tertiary alicyclic amines) is 1. The number of alkyl halides is 2. The predicted molar refractivity (Wildman–Crippen MR) is 147 cm³/mol. The summed E-state index contributed by atoms with van der Waals surface area (Å²) in [4.78, 5) is 1.76. The summed E-state index contributed by atoms with van der Waals surface area (Å²) in [5, 5.41) is 0. The highest BCUT2D eigenvalue weighted by Gasteiger charge is 2.43. The van der Waals surface area contributed by atoms with Gasteiger partial charge < -0.3 is 9.47 Å². The second-order valence-electron chi connectivity index (χ2n) is 10.7. The number of aryl methyl sites for hydroxylation is 2. The number of allylic oxidation sites excluding steroid dienone is 4. The molecule has 0 amide bonds. The van der Waals surface area contributed by atoms with E-state index in [2.05, 4.69) is 82.8 Å². The minimum atomic E-state index is -2.51. The van der Waals surface area contributed by atoms with Crippen molar-refractivity contribution < 1.29 is 18.3 Å². The molecule has 0 aromatic heterocycles. The third kappa shape index (κ3) is 7.10. The second-order valence-corrected chi connectivity index (χ2v) is 10.7. The third-order valence-electron chi connectivity index (χ3n) is 7.18. The lowest BCUT2D eigenvalue weighted by molar-refractivity contribution is -0.130. The van der Waals surface area contributed by atoms with Crippen molar-refractivity contribution in [1.82, 2.24) is 4.90 Å². The van der Waals surface area contributed by atoms with Crippen LogP contribution >= 0.6 is 0 Å². The van der Waals surface area contributed by atoms with Gasteiger partial charge in [-0.1, -0.05) is 37.8 Å². The molecule has 37 heavy (non-hydrogen) atoms. The molecule has 0 bridgehead atoms. The Balaban J connectivity index is 1.34. The van der Waals surface area contributed by atoms with Crippen LogP contribution in [0, 0.1) is 19.8 Å². The quantitative estimate of drug-likeness (QED) is 0.240. The number of hydrogen-bond acceptors (Lipinski definition) is 3. The van der Waals surface area contributed by atoms with Crippen LogP contribution in [0.3, 0.4) is 0 Å². The lowest BCUT2D eigenvalue weighted by atomic mass is 9.94. The molecular formula is C32H39F2NO2. The van der Waals surface area contributed by atoms with E-state index in [0.717, 1.165) is 47.3 Å². The Labute approximate surface area is 220 Å². The second kappa shape index (κ2) is 11.6. The van der Waals surface area contributed by atoms with E-state index in [0.29, 0.717) is 31.4 Å². The maximum absolute atomic E-state index is 13.0. The largest absolute Gasteiger partial charge is 0.494 e. The summed E-state index contributed by atoms with van der Waals surface area (Å²) in [6.07, 6.45) is 7.22. The Kier molecular flexibility index (Phi) is 8.53. The summed E-state index contributed by atoms with van der Waals surface area (Å²) < 4.78 is 37.9. The first-order chi connectivity index (χ1) is 17.6. The number of hydrogen-bond donors (Lipinski definition) is 0. The zero-order valence-corrected chi connectivity index (χ0v) is 22.6. The van der Waals surface area contributed by atoms with E-state index in [9.17, 15) is 8.78 Å². The van der Waals surface area contributed by atoms with Crippen molar-refractivity contribution in [2.24, 2.45) is 5.92 Å². The molecule has 0 N–H and O–H groups in total.